The third kappa shape index (κ3) is 3.39. The van der Waals surface area contributed by atoms with Gasteiger partial charge in [0.05, 0.1) is 11.0 Å². The summed E-state index contributed by atoms with van der Waals surface area (Å²) < 4.78 is 5.70. The van der Waals surface area contributed by atoms with Gasteiger partial charge in [-0.1, -0.05) is 35.5 Å². The molecule has 7 heteroatoms. The first-order valence-electron chi connectivity index (χ1n) is 10.4. The summed E-state index contributed by atoms with van der Waals surface area (Å²) in [6.07, 6.45) is 4.23. The van der Waals surface area contributed by atoms with Gasteiger partial charge in [-0.2, -0.15) is 4.98 Å². The zero-order valence-electron chi connectivity index (χ0n) is 17.1. The average Bonchev–Trinajstić information content (AvgIpc) is 3.38. The predicted octanol–water partition coefficient (Wildman–Crippen LogP) is 2.69. The fourth-order valence-electron chi connectivity index (χ4n) is 4.97. The van der Waals surface area contributed by atoms with Crippen LogP contribution in [-0.2, 0) is 12.0 Å². The third-order valence-corrected chi connectivity index (χ3v) is 6.38. The van der Waals surface area contributed by atoms with Gasteiger partial charge in [-0.15, -0.1) is 0 Å². The van der Waals surface area contributed by atoms with Crippen molar-refractivity contribution in [2.75, 3.05) is 26.2 Å². The van der Waals surface area contributed by atoms with Crippen molar-refractivity contribution in [1.29, 1.82) is 0 Å². The number of benzene rings is 1. The Balaban J connectivity index is 1.44. The number of hydrogen-bond acceptors (Lipinski definition) is 6. The molecule has 1 aromatic carbocycles. The smallest absolute Gasteiger partial charge is 0.255 e. The van der Waals surface area contributed by atoms with E-state index in [1.165, 1.54) is 5.56 Å². The number of carbonyl (C=O) groups excluding carboxylic acids is 1. The molecule has 7 nitrogen and oxygen atoms in total. The number of hydrogen-bond donors (Lipinski definition) is 0. The van der Waals surface area contributed by atoms with Crippen molar-refractivity contribution < 1.29 is 9.32 Å². The van der Waals surface area contributed by atoms with Crippen LogP contribution in [-0.4, -0.2) is 57.0 Å². The summed E-state index contributed by atoms with van der Waals surface area (Å²) in [4.78, 5) is 26.3. The second-order valence-electron chi connectivity index (χ2n) is 8.41. The quantitative estimate of drug-likeness (QED) is 0.667. The van der Waals surface area contributed by atoms with Crippen LogP contribution in [0.15, 0.2) is 59.4 Å². The molecular weight excluding hydrogens is 378 g/mol. The lowest BCUT2D eigenvalue weighted by molar-refractivity contribution is 0.0536. The van der Waals surface area contributed by atoms with Crippen molar-refractivity contribution >= 4 is 5.91 Å². The van der Waals surface area contributed by atoms with Gasteiger partial charge < -0.3 is 9.42 Å². The lowest BCUT2D eigenvalue weighted by Gasteiger charge is -2.41. The Hall–Kier alpha value is -3.06. The topological polar surface area (TPSA) is 75.4 Å². The average molecular weight is 403 g/mol. The number of fused-ring (bicyclic) bond motifs is 1. The monoisotopic (exact) mass is 403 g/mol. The molecule has 0 saturated carbocycles. The molecule has 2 aliphatic rings. The Kier molecular flexibility index (Phi) is 4.83. The molecule has 154 valence electrons. The van der Waals surface area contributed by atoms with Gasteiger partial charge in [0.25, 0.3) is 5.91 Å². The number of nitrogens with zero attached hydrogens (tertiary/aromatic N) is 5. The maximum Gasteiger partial charge on any atom is 0.255 e. The summed E-state index contributed by atoms with van der Waals surface area (Å²) in [7, 11) is 0. The van der Waals surface area contributed by atoms with Gasteiger partial charge in [0.1, 0.15) is 0 Å². The molecule has 2 saturated heterocycles. The molecule has 5 rings (SSSR count). The van der Waals surface area contributed by atoms with Gasteiger partial charge in [0.2, 0.25) is 5.89 Å². The summed E-state index contributed by atoms with van der Waals surface area (Å²) >= 11 is 0. The highest BCUT2D eigenvalue weighted by molar-refractivity contribution is 5.94. The second kappa shape index (κ2) is 7.65. The molecule has 0 bridgehead atoms. The van der Waals surface area contributed by atoms with Crippen molar-refractivity contribution in [3.63, 3.8) is 0 Å². The summed E-state index contributed by atoms with van der Waals surface area (Å²) in [5, 5.41) is 4.07. The van der Waals surface area contributed by atoms with Gasteiger partial charge >= 0.3 is 0 Å². The maximum atomic E-state index is 13.1. The normalized spacial score (nSPS) is 24.0. The largest absolute Gasteiger partial charge is 0.339 e. The van der Waals surface area contributed by atoms with E-state index in [0.717, 1.165) is 32.6 Å². The zero-order valence-corrected chi connectivity index (χ0v) is 17.1. The van der Waals surface area contributed by atoms with E-state index in [1.54, 1.807) is 18.5 Å². The van der Waals surface area contributed by atoms with Crippen molar-refractivity contribution in [1.82, 2.24) is 24.9 Å². The molecule has 0 radical (unpaired) electrons. The first-order chi connectivity index (χ1) is 14.6. The van der Waals surface area contributed by atoms with E-state index in [1.807, 2.05) is 24.0 Å². The third-order valence-electron chi connectivity index (χ3n) is 6.38. The Bertz CT molecular complexity index is 1020. The molecule has 2 aromatic heterocycles. The fourth-order valence-corrected chi connectivity index (χ4v) is 4.97. The number of aromatic nitrogens is 3. The highest BCUT2D eigenvalue weighted by atomic mass is 16.5. The van der Waals surface area contributed by atoms with Crippen LogP contribution in [0.5, 0.6) is 0 Å². The summed E-state index contributed by atoms with van der Waals surface area (Å²) in [5.41, 5.74) is 1.56. The minimum absolute atomic E-state index is 0.0127. The van der Waals surface area contributed by atoms with E-state index >= 15 is 0 Å². The van der Waals surface area contributed by atoms with Crippen LogP contribution < -0.4 is 0 Å². The van der Waals surface area contributed by atoms with E-state index in [-0.39, 0.29) is 11.3 Å². The van der Waals surface area contributed by atoms with Crippen LogP contribution in [0, 0.1) is 12.8 Å². The lowest BCUT2D eigenvalue weighted by atomic mass is 9.73. The van der Waals surface area contributed by atoms with Crippen LogP contribution in [0.25, 0.3) is 0 Å². The first kappa shape index (κ1) is 18.9. The zero-order chi connectivity index (χ0) is 20.6. The highest BCUT2D eigenvalue weighted by Crippen LogP contribution is 2.44. The molecule has 0 N–H and O–H groups in total. The number of carbonyl (C=O) groups is 1. The minimum atomic E-state index is -0.341. The fraction of sp³-hybridized carbons (Fsp3) is 0.391. The van der Waals surface area contributed by atoms with Gasteiger partial charge in [-0.25, -0.2) is 0 Å². The number of aryl methyl sites for hydroxylation is 1. The number of pyridine rings is 1. The van der Waals surface area contributed by atoms with Crippen molar-refractivity contribution in [3.05, 3.63) is 77.7 Å². The molecule has 1 amide bonds. The van der Waals surface area contributed by atoms with Gasteiger partial charge in [-0.3, -0.25) is 14.7 Å². The second-order valence-corrected chi connectivity index (χ2v) is 8.41. The number of likely N-dealkylation sites (tertiary alicyclic amines) is 2. The van der Waals surface area contributed by atoms with Crippen LogP contribution in [0.2, 0.25) is 0 Å². The number of amides is 1. The molecule has 30 heavy (non-hydrogen) atoms. The van der Waals surface area contributed by atoms with E-state index in [2.05, 4.69) is 44.3 Å². The molecule has 4 heterocycles. The SMILES string of the molecule is Cc1noc([C@@]23CN(Cc4ccccc4)C[C@@H]2CCN(C(=O)c2cccnc2)C3)n1. The Morgan fingerprint density at radius 1 is 1.20 bits per heavy atom. The highest BCUT2D eigenvalue weighted by Gasteiger charge is 2.55. The predicted molar refractivity (Wildman–Crippen MR) is 111 cm³/mol. The maximum absolute atomic E-state index is 13.1. The molecule has 0 spiro atoms. The molecule has 2 aliphatic heterocycles. The number of piperidine rings is 1. The van der Waals surface area contributed by atoms with Crippen molar-refractivity contribution in [3.8, 4) is 0 Å². The Labute approximate surface area is 175 Å². The Morgan fingerprint density at radius 2 is 2.07 bits per heavy atom. The first-order valence-corrected chi connectivity index (χ1v) is 10.4. The molecular formula is C23H25N5O2. The molecule has 0 aliphatic carbocycles. The molecule has 2 atom stereocenters. The van der Waals surface area contributed by atoms with Crippen LogP contribution >= 0.6 is 0 Å². The molecule has 2 fully saturated rings. The summed E-state index contributed by atoms with van der Waals surface area (Å²) in [5.74, 6) is 1.68. The van der Waals surface area contributed by atoms with Crippen LogP contribution in [0.4, 0.5) is 0 Å². The Morgan fingerprint density at radius 3 is 2.80 bits per heavy atom. The van der Waals surface area contributed by atoms with Crippen molar-refractivity contribution in [2.24, 2.45) is 5.92 Å². The van der Waals surface area contributed by atoms with E-state index in [9.17, 15) is 4.79 Å². The molecule has 3 aromatic rings. The molecule has 0 unspecified atom stereocenters. The number of rotatable bonds is 4. The van der Waals surface area contributed by atoms with Gasteiger partial charge in [-0.05, 0) is 37.0 Å². The van der Waals surface area contributed by atoms with Crippen LogP contribution in [0.1, 0.15) is 34.1 Å². The van der Waals surface area contributed by atoms with E-state index < -0.39 is 0 Å². The summed E-state index contributed by atoms with van der Waals surface area (Å²) in [6.45, 7) is 5.79. The van der Waals surface area contributed by atoms with E-state index in [4.69, 9.17) is 4.52 Å². The van der Waals surface area contributed by atoms with E-state index in [0.29, 0.717) is 29.7 Å². The van der Waals surface area contributed by atoms with Gasteiger partial charge in [0.15, 0.2) is 5.82 Å². The van der Waals surface area contributed by atoms with Gasteiger partial charge in [0, 0.05) is 45.1 Å². The van der Waals surface area contributed by atoms with Crippen LogP contribution in [0.3, 0.4) is 0 Å². The van der Waals surface area contributed by atoms with Crippen molar-refractivity contribution in [2.45, 2.75) is 25.3 Å². The lowest BCUT2D eigenvalue weighted by Crippen LogP contribution is -2.53. The summed E-state index contributed by atoms with van der Waals surface area (Å²) in [6, 6.07) is 14.1. The minimum Gasteiger partial charge on any atom is -0.339 e. The standard InChI is InChI=1S/C23H25N5O2/c1-17-25-22(30-26-17)23-15-27(13-18-6-3-2-4-7-18)14-20(23)9-11-28(16-23)21(29)19-8-5-10-24-12-19/h2-8,10,12,20H,9,11,13-16H2,1H3/t20-,23+/m0/s1.